The van der Waals surface area contributed by atoms with Gasteiger partial charge < -0.3 is 4.74 Å². The number of rotatable bonds is 3. The number of nitrogens with zero attached hydrogens (tertiary/aromatic N) is 1. The fourth-order valence-electron chi connectivity index (χ4n) is 1.26. The molecule has 0 radical (unpaired) electrons. The van der Waals surface area contributed by atoms with Crippen molar-refractivity contribution in [3.8, 4) is 11.8 Å². The minimum Gasteiger partial charge on any atom is -0.488 e. The highest BCUT2D eigenvalue weighted by Gasteiger charge is 2.03. The fraction of sp³-hybridized carbons (Fsp3) is 0.0833. The van der Waals surface area contributed by atoms with E-state index in [-0.39, 0.29) is 0 Å². The lowest BCUT2D eigenvalue weighted by atomic mass is 10.2. The van der Waals surface area contributed by atoms with E-state index in [0.29, 0.717) is 22.9 Å². The van der Waals surface area contributed by atoms with Crippen LogP contribution >= 0.6 is 38.9 Å². The smallest absolute Gasteiger partial charge is 0.122 e. The van der Waals surface area contributed by atoms with Crippen molar-refractivity contribution >= 4 is 38.9 Å². The third-order valence-electron chi connectivity index (χ3n) is 2.07. The van der Waals surface area contributed by atoms with Gasteiger partial charge in [-0.25, -0.2) is 0 Å². The van der Waals surface area contributed by atoms with Gasteiger partial charge in [0.2, 0.25) is 0 Å². The molecule has 0 amide bonds. The van der Waals surface area contributed by atoms with Crippen LogP contribution in [0.3, 0.4) is 0 Å². The van der Waals surface area contributed by atoms with Crippen molar-refractivity contribution < 1.29 is 4.74 Å². The van der Waals surface area contributed by atoms with Gasteiger partial charge in [0.15, 0.2) is 0 Å². The Labute approximate surface area is 117 Å². The van der Waals surface area contributed by atoms with Crippen LogP contribution < -0.4 is 4.74 Å². The monoisotopic (exact) mass is 327 g/mol. The average Bonchev–Trinajstić information content (AvgIpc) is 2.73. The van der Waals surface area contributed by atoms with Crippen molar-refractivity contribution in [2.45, 2.75) is 6.61 Å². The van der Waals surface area contributed by atoms with Crippen LogP contribution in [0.25, 0.3) is 0 Å². The molecule has 1 aromatic heterocycles. The first kappa shape index (κ1) is 12.4. The number of halogens is 2. The standard InChI is InChI=1S/C12H7BrClNOS/c13-12-4-3-10(17-12)7-16-9-2-1-8(6-15)11(14)5-9/h1-5H,7H2. The summed E-state index contributed by atoms with van der Waals surface area (Å²) in [6.45, 7) is 0.499. The fourth-order valence-corrected chi connectivity index (χ4v) is 2.87. The normalized spacial score (nSPS) is 9.94. The maximum Gasteiger partial charge on any atom is 0.122 e. The molecule has 0 saturated carbocycles. The van der Waals surface area contributed by atoms with Crippen LogP contribution in [0.5, 0.6) is 5.75 Å². The van der Waals surface area contributed by atoms with Crippen LogP contribution in [-0.2, 0) is 6.61 Å². The molecule has 2 rings (SSSR count). The Bertz CT molecular complexity index is 576. The van der Waals surface area contributed by atoms with Crippen molar-refractivity contribution in [2.24, 2.45) is 0 Å². The molecule has 0 aliphatic carbocycles. The second-order valence-corrected chi connectivity index (χ2v) is 6.20. The molecule has 17 heavy (non-hydrogen) atoms. The van der Waals surface area contributed by atoms with Gasteiger partial charge in [-0.15, -0.1) is 11.3 Å². The first-order chi connectivity index (χ1) is 8.19. The summed E-state index contributed by atoms with van der Waals surface area (Å²) >= 11 is 10.9. The molecule has 1 aromatic carbocycles. The molecule has 1 heterocycles. The molecular weight excluding hydrogens is 322 g/mol. The Hall–Kier alpha value is -1.02. The van der Waals surface area contributed by atoms with Gasteiger partial charge in [0, 0.05) is 10.9 Å². The van der Waals surface area contributed by atoms with Crippen molar-refractivity contribution in [3.05, 3.63) is 49.6 Å². The van der Waals surface area contributed by atoms with Gasteiger partial charge in [-0.1, -0.05) is 11.6 Å². The number of ether oxygens (including phenoxy) is 1. The summed E-state index contributed by atoms with van der Waals surface area (Å²) in [4.78, 5) is 1.12. The second-order valence-electron chi connectivity index (χ2n) is 3.25. The Morgan fingerprint density at radius 2 is 2.18 bits per heavy atom. The minimum atomic E-state index is 0.414. The van der Waals surface area contributed by atoms with Crippen molar-refractivity contribution in [2.75, 3.05) is 0 Å². The van der Waals surface area contributed by atoms with E-state index in [2.05, 4.69) is 15.9 Å². The maximum atomic E-state index is 8.74. The van der Waals surface area contributed by atoms with Gasteiger partial charge in [0.05, 0.1) is 14.4 Å². The van der Waals surface area contributed by atoms with Gasteiger partial charge in [0.25, 0.3) is 0 Å². The summed E-state index contributed by atoms with van der Waals surface area (Å²) in [6.07, 6.45) is 0. The SMILES string of the molecule is N#Cc1ccc(OCc2ccc(Br)s2)cc1Cl. The van der Waals surface area contributed by atoms with E-state index in [1.165, 1.54) is 0 Å². The Morgan fingerprint density at radius 1 is 1.35 bits per heavy atom. The van der Waals surface area contributed by atoms with Crippen LogP contribution in [-0.4, -0.2) is 0 Å². The Kier molecular flexibility index (Phi) is 4.06. The van der Waals surface area contributed by atoms with E-state index in [1.54, 1.807) is 29.5 Å². The van der Waals surface area contributed by atoms with Crippen molar-refractivity contribution in [3.63, 3.8) is 0 Å². The highest BCUT2D eigenvalue weighted by Crippen LogP contribution is 2.25. The molecule has 0 atom stereocenters. The highest BCUT2D eigenvalue weighted by molar-refractivity contribution is 9.11. The lowest BCUT2D eigenvalue weighted by molar-refractivity contribution is 0.310. The lowest BCUT2D eigenvalue weighted by Crippen LogP contribution is -1.92. The molecule has 0 aliphatic rings. The van der Waals surface area contributed by atoms with Crippen LogP contribution in [0.15, 0.2) is 34.1 Å². The first-order valence-electron chi connectivity index (χ1n) is 4.75. The lowest BCUT2D eigenvalue weighted by Gasteiger charge is -2.05. The zero-order valence-electron chi connectivity index (χ0n) is 8.61. The van der Waals surface area contributed by atoms with E-state index >= 15 is 0 Å². The summed E-state index contributed by atoms with van der Waals surface area (Å²) in [6, 6.07) is 11.0. The molecule has 2 aromatic rings. The maximum absolute atomic E-state index is 8.74. The molecule has 0 fully saturated rings. The third-order valence-corrected chi connectivity index (χ3v) is 3.98. The van der Waals surface area contributed by atoms with Crippen LogP contribution in [0.2, 0.25) is 5.02 Å². The van der Waals surface area contributed by atoms with Crippen LogP contribution in [0, 0.1) is 11.3 Å². The van der Waals surface area contributed by atoms with Gasteiger partial charge in [0.1, 0.15) is 18.4 Å². The molecule has 86 valence electrons. The second kappa shape index (κ2) is 5.54. The minimum absolute atomic E-state index is 0.414. The van der Waals surface area contributed by atoms with E-state index in [9.17, 15) is 0 Å². The number of hydrogen-bond donors (Lipinski definition) is 0. The molecule has 0 aliphatic heterocycles. The molecule has 0 bridgehead atoms. The van der Waals surface area contributed by atoms with Crippen molar-refractivity contribution in [1.82, 2.24) is 0 Å². The third kappa shape index (κ3) is 3.22. The van der Waals surface area contributed by atoms with Gasteiger partial charge >= 0.3 is 0 Å². The topological polar surface area (TPSA) is 33.0 Å². The Balaban J connectivity index is 2.05. The van der Waals surface area contributed by atoms with E-state index in [0.717, 1.165) is 8.66 Å². The molecule has 2 nitrogen and oxygen atoms in total. The van der Waals surface area contributed by atoms with E-state index < -0.39 is 0 Å². The summed E-state index contributed by atoms with van der Waals surface area (Å²) in [5.41, 5.74) is 0.456. The molecule has 0 unspecified atom stereocenters. The summed E-state index contributed by atoms with van der Waals surface area (Å²) in [5.74, 6) is 0.665. The quantitative estimate of drug-likeness (QED) is 0.824. The highest BCUT2D eigenvalue weighted by atomic mass is 79.9. The first-order valence-corrected chi connectivity index (χ1v) is 6.74. The Morgan fingerprint density at radius 3 is 2.76 bits per heavy atom. The predicted octanol–water partition coefficient (Wildman–Crippen LogP) is 4.61. The average molecular weight is 329 g/mol. The number of benzene rings is 1. The van der Waals surface area contributed by atoms with Crippen LogP contribution in [0.1, 0.15) is 10.4 Å². The number of thiophene rings is 1. The zero-order valence-corrected chi connectivity index (χ0v) is 11.8. The van der Waals surface area contributed by atoms with Gasteiger partial charge in [-0.2, -0.15) is 5.26 Å². The number of hydrogen-bond acceptors (Lipinski definition) is 3. The zero-order chi connectivity index (χ0) is 12.3. The molecule has 0 spiro atoms. The molecule has 0 N–H and O–H groups in total. The number of nitriles is 1. The predicted molar refractivity (Wildman–Crippen MR) is 72.5 cm³/mol. The van der Waals surface area contributed by atoms with Crippen LogP contribution in [0.4, 0.5) is 0 Å². The molecule has 5 heteroatoms. The van der Waals surface area contributed by atoms with Gasteiger partial charge in [-0.3, -0.25) is 0 Å². The molecular formula is C12H7BrClNOS. The van der Waals surface area contributed by atoms with E-state index in [1.807, 2.05) is 18.2 Å². The van der Waals surface area contributed by atoms with Gasteiger partial charge in [-0.05, 0) is 40.2 Å². The largest absolute Gasteiger partial charge is 0.488 e. The summed E-state index contributed by atoms with van der Waals surface area (Å²) < 4.78 is 6.66. The van der Waals surface area contributed by atoms with E-state index in [4.69, 9.17) is 21.6 Å². The summed E-state index contributed by atoms with van der Waals surface area (Å²) in [7, 11) is 0. The van der Waals surface area contributed by atoms with Crippen molar-refractivity contribution in [1.29, 1.82) is 5.26 Å². The molecule has 0 saturated heterocycles. The summed E-state index contributed by atoms with van der Waals surface area (Å²) in [5, 5.41) is 9.16.